The van der Waals surface area contributed by atoms with E-state index in [1.54, 1.807) is 0 Å². The molecule has 4 N–H and O–H groups in total. The zero-order chi connectivity index (χ0) is 55.9. The Hall–Kier alpha value is -3.10. The molecule has 0 radical (unpaired) electrons. The first-order valence-corrected chi connectivity index (χ1v) is 25.9. The van der Waals surface area contributed by atoms with E-state index >= 15 is 0 Å². The fourth-order valence-corrected chi connectivity index (χ4v) is 9.88. The number of allylic oxidation sites excluding steroid dienone is 5. The third-order valence-electron chi connectivity index (χ3n) is 12.6. The monoisotopic (exact) mass is 1320 g/mol. The molecule has 4 aliphatic rings. The van der Waals surface area contributed by atoms with Crippen LogP contribution in [0.1, 0.15) is 76.0 Å². The Morgan fingerprint density at radius 1 is 0.722 bits per heavy atom. The second-order valence-corrected chi connectivity index (χ2v) is 20.5. The molecule has 0 aromatic heterocycles. The zero-order valence-corrected chi connectivity index (χ0v) is 54.4. The van der Waals surface area contributed by atoms with Gasteiger partial charge in [-0.05, 0) is 94.4 Å². The maximum absolute atomic E-state index is 12.0. The number of aliphatic imine (C=N–C) groups is 3. The van der Waals surface area contributed by atoms with Crippen LogP contribution in [-0.4, -0.2) is 159 Å². The van der Waals surface area contributed by atoms with Crippen molar-refractivity contribution in [2.75, 3.05) is 52.5 Å². The quantitative estimate of drug-likeness (QED) is 0.0795. The molecule has 26 heteroatoms. The molecule has 0 saturated carbocycles. The molecule has 4 heterocycles. The summed E-state index contributed by atoms with van der Waals surface area (Å²) in [7, 11) is 0. The van der Waals surface area contributed by atoms with E-state index in [9.17, 15) is 44.1 Å². The van der Waals surface area contributed by atoms with Crippen molar-refractivity contribution in [2.45, 2.75) is 64.8 Å². The Morgan fingerprint density at radius 3 is 1.54 bits per heavy atom. The van der Waals surface area contributed by atoms with Crippen molar-refractivity contribution in [3.63, 3.8) is 0 Å². The SMILES string of the molecule is C=CCC1(C(C)CCC)C(=O)NC(=O)N=C1[O-].C=CCC1(CC(=C)Br)C(=O)NC(=O)N=C1[O-].C=CCC1(CC(=C)Br)C(=O)NC(=O)N=C1[O-].Cl.Cl.OCCOCCN1CCN(C(c2ccccc2)c2ccc(Cl)cc2)CC1.[Ca+2].[Na+]. The minimum atomic E-state index is -1.39. The molecule has 5 unspecified atom stereocenters. The van der Waals surface area contributed by atoms with Gasteiger partial charge in [0.05, 0.1) is 42.1 Å². The van der Waals surface area contributed by atoms with Crippen LogP contribution in [0.4, 0.5) is 14.4 Å². The summed E-state index contributed by atoms with van der Waals surface area (Å²) in [6, 6.07) is 16.4. The van der Waals surface area contributed by atoms with E-state index in [1.807, 2.05) is 36.6 Å². The Labute approximate surface area is 548 Å². The Balaban J connectivity index is 0. The molecular formula is C53H66Br2CaCl3N8NaO11. The number of halogens is 5. The molecule has 4 aliphatic heterocycles. The normalized spacial score (nSPS) is 21.3. The van der Waals surface area contributed by atoms with Crippen LogP contribution in [0, 0.1) is 22.2 Å². The van der Waals surface area contributed by atoms with Gasteiger partial charge >= 0.3 is 85.4 Å². The number of aliphatic hydroxyl groups excluding tert-OH is 1. The maximum atomic E-state index is 12.0. The van der Waals surface area contributed by atoms with Crippen molar-refractivity contribution in [3.8, 4) is 0 Å². The molecule has 2 aromatic rings. The van der Waals surface area contributed by atoms with Crippen molar-refractivity contribution < 1.29 is 83.5 Å². The largest absolute Gasteiger partial charge is 2.00 e. The van der Waals surface area contributed by atoms with Gasteiger partial charge in [0.25, 0.3) is 0 Å². The summed E-state index contributed by atoms with van der Waals surface area (Å²) in [6.45, 7) is 27.7. The molecule has 2 aromatic carbocycles. The fourth-order valence-electron chi connectivity index (χ4n) is 8.79. The third kappa shape index (κ3) is 22.2. The Morgan fingerprint density at radius 2 is 1.15 bits per heavy atom. The van der Waals surface area contributed by atoms with Crippen LogP contribution in [-0.2, 0) is 19.1 Å². The molecule has 0 spiro atoms. The third-order valence-corrected chi connectivity index (χ3v) is 13.4. The number of hydrogen-bond donors (Lipinski definition) is 4. The van der Waals surface area contributed by atoms with Crippen LogP contribution in [0.2, 0.25) is 5.02 Å². The van der Waals surface area contributed by atoms with Crippen LogP contribution >= 0.6 is 68.3 Å². The first-order chi connectivity index (χ1) is 35.6. The molecule has 0 bridgehead atoms. The smallest absolute Gasteiger partial charge is 0.861 e. The molecular weight excluding hydrogens is 1250 g/mol. The van der Waals surface area contributed by atoms with Crippen molar-refractivity contribution >= 4 is 160 Å². The number of amides is 9. The molecule has 1 fully saturated rings. The van der Waals surface area contributed by atoms with Gasteiger partial charge < -0.3 is 25.2 Å². The Kier molecular flexibility index (Phi) is 38.1. The van der Waals surface area contributed by atoms with E-state index in [1.165, 1.54) is 29.4 Å². The summed E-state index contributed by atoms with van der Waals surface area (Å²) in [4.78, 5) is 83.0. The number of nitrogens with zero attached hydrogens (tertiary/aromatic N) is 5. The second-order valence-electron chi connectivity index (χ2n) is 17.8. The molecule has 422 valence electrons. The average Bonchev–Trinajstić information content (AvgIpc) is 3.34. The van der Waals surface area contributed by atoms with Gasteiger partial charge in [0.15, 0.2) is 0 Å². The molecule has 79 heavy (non-hydrogen) atoms. The number of nitrogens with one attached hydrogen (secondary N) is 3. The Bertz CT molecular complexity index is 2450. The fraction of sp³-hybridized carbons (Fsp3) is 0.415. The number of urea groups is 3. The van der Waals surface area contributed by atoms with E-state index in [-0.39, 0.29) is 143 Å². The van der Waals surface area contributed by atoms with Gasteiger partial charge in [-0.25, -0.2) is 29.4 Å². The minimum Gasteiger partial charge on any atom is -0.861 e. The summed E-state index contributed by atoms with van der Waals surface area (Å²) in [6.07, 6.45) is 6.58. The zero-order valence-electron chi connectivity index (χ0n) is 44.6. The van der Waals surface area contributed by atoms with Gasteiger partial charge in [0.2, 0.25) is 17.7 Å². The number of aliphatic hydroxyl groups is 1. The number of rotatable bonds is 21. The summed E-state index contributed by atoms with van der Waals surface area (Å²) in [5, 5.41) is 51.0. The summed E-state index contributed by atoms with van der Waals surface area (Å²) in [5.74, 6) is -4.18. The number of carbonyl (C=O) groups is 6. The van der Waals surface area contributed by atoms with Crippen LogP contribution in [0.25, 0.3) is 0 Å². The number of hydrogen-bond acceptors (Lipinski definition) is 13. The number of carbonyl (C=O) groups excluding carboxylic acids is 6. The predicted octanol–water partition coefficient (Wildman–Crippen LogP) is 3.23. The molecule has 0 aliphatic carbocycles. The standard InChI is InChI=1S/C21H27ClN2O2.C12H18N2O3.2C10H11BrN2O3.Ca.2ClH.Na/c22-20-8-6-19(7-9-20)21(18-4-2-1-3-5-18)24-12-10-23(11-13-24)14-16-26-17-15-25;1-4-6-8(3)12(7-5-2)9(15)13-11(17)14-10(12)16;2*1-3-4-10(5-6(2)11)7(14)12-9(16)13-8(10)15;;;;/h1-9,21,25H,10-17H2;5,8H,2,4,6-7H2,1,3H3,(H2,13,14,15,16,17);2*3H,1-2,4-5H2,(H2,12,13,14,15,16);;2*1H;/q;;;;+2;;;+1/p-3. The van der Waals surface area contributed by atoms with E-state index in [4.69, 9.17) is 21.4 Å². The molecule has 5 atom stereocenters. The first-order valence-electron chi connectivity index (χ1n) is 23.9. The summed E-state index contributed by atoms with van der Waals surface area (Å²) < 4.78 is 6.37. The van der Waals surface area contributed by atoms with E-state index in [2.05, 4.69) is 137 Å². The number of piperazine rings is 1. The van der Waals surface area contributed by atoms with Gasteiger partial charge in [0.1, 0.15) is 0 Å². The van der Waals surface area contributed by atoms with Crippen molar-refractivity contribution in [1.82, 2.24) is 25.8 Å². The predicted molar refractivity (Wildman–Crippen MR) is 310 cm³/mol. The number of benzene rings is 2. The number of imide groups is 3. The van der Waals surface area contributed by atoms with E-state index < -0.39 is 69.8 Å². The molecule has 6 rings (SSSR count). The van der Waals surface area contributed by atoms with Crippen LogP contribution in [0.15, 0.2) is 130 Å². The second kappa shape index (κ2) is 38.6. The van der Waals surface area contributed by atoms with Gasteiger partial charge in [-0.15, -0.1) is 44.6 Å². The molecule has 19 nitrogen and oxygen atoms in total. The summed E-state index contributed by atoms with van der Waals surface area (Å²) >= 11 is 12.3. The van der Waals surface area contributed by atoms with Crippen molar-refractivity contribution in [3.05, 3.63) is 131 Å². The van der Waals surface area contributed by atoms with Crippen LogP contribution in [0.3, 0.4) is 0 Å². The van der Waals surface area contributed by atoms with Crippen LogP contribution in [0.5, 0.6) is 0 Å². The van der Waals surface area contributed by atoms with Crippen LogP contribution < -0.4 is 60.8 Å². The van der Waals surface area contributed by atoms with Gasteiger partial charge in [-0.1, -0.05) is 138 Å². The van der Waals surface area contributed by atoms with Gasteiger partial charge in [-0.2, -0.15) is 0 Å². The van der Waals surface area contributed by atoms with Gasteiger partial charge in [0, 0.05) is 37.7 Å². The summed E-state index contributed by atoms with van der Waals surface area (Å²) in [5.41, 5.74) is -1.45. The van der Waals surface area contributed by atoms with Gasteiger partial charge in [-0.3, -0.25) is 40.1 Å². The van der Waals surface area contributed by atoms with Crippen molar-refractivity contribution in [2.24, 2.45) is 37.1 Å². The topological polar surface area (TPSA) is 281 Å². The minimum absolute atomic E-state index is 0. The molecule has 9 amide bonds. The molecule has 1 saturated heterocycles. The first kappa shape index (κ1) is 78.0. The van der Waals surface area contributed by atoms with Crippen molar-refractivity contribution in [1.29, 1.82) is 0 Å². The number of ether oxygens (including phenoxy) is 1. The van der Waals surface area contributed by atoms with E-state index in [0.717, 1.165) is 50.6 Å². The average molecular weight is 1320 g/mol. The van der Waals surface area contributed by atoms with E-state index in [0.29, 0.717) is 22.2 Å². The maximum Gasteiger partial charge on any atom is 2.00 e.